The maximum Gasteiger partial charge on any atom is 0.259 e. The molecule has 10 heteroatoms. The van der Waals surface area contributed by atoms with E-state index in [9.17, 15) is 5.26 Å². The predicted molar refractivity (Wildman–Crippen MR) is 245 cm³/mol. The number of rotatable bonds is 17. The smallest absolute Gasteiger partial charge is 0.259 e. The molecule has 2 fully saturated rings. The second kappa shape index (κ2) is 17.6. The summed E-state index contributed by atoms with van der Waals surface area (Å²) in [5, 5.41) is 16.7. The first-order chi connectivity index (χ1) is 30.2. The molecular formula is C52H53N2O7P. The Morgan fingerprint density at radius 1 is 0.726 bits per heavy atom. The molecule has 9 rings (SSSR count). The first-order valence-corrected chi connectivity index (χ1v) is 22.5. The minimum atomic E-state index is -1.67. The Morgan fingerprint density at radius 3 is 1.90 bits per heavy atom. The lowest BCUT2D eigenvalue weighted by Crippen LogP contribution is -2.49. The van der Waals surface area contributed by atoms with Crippen LogP contribution in [0.3, 0.4) is 0 Å². The summed E-state index contributed by atoms with van der Waals surface area (Å²) < 4.78 is 49.4. The number of hydrogen-bond acceptors (Lipinski definition) is 9. The fourth-order valence-corrected chi connectivity index (χ4v) is 11.4. The molecule has 2 aliphatic heterocycles. The van der Waals surface area contributed by atoms with E-state index in [1.807, 2.05) is 42.5 Å². The SMILES string of the molecule is COc1ccc(C(OC[C@@]23CO[C@H]([C@H]2OP(OCCC#N)N(C(C)C)C(C)C)[C@H](c2ccc4ccc5cccc6ccc2c4c56)O3)(c2ccccc2)c2ccc(OC)cc2)cc1. The van der Waals surface area contributed by atoms with E-state index in [-0.39, 0.29) is 38.3 Å². The summed E-state index contributed by atoms with van der Waals surface area (Å²) in [6, 6.07) is 48.5. The average Bonchev–Trinajstić information content (AvgIpc) is 3.79. The van der Waals surface area contributed by atoms with Crippen molar-refractivity contribution in [1.29, 1.82) is 5.26 Å². The summed E-state index contributed by atoms with van der Waals surface area (Å²) >= 11 is 0. The van der Waals surface area contributed by atoms with Crippen molar-refractivity contribution >= 4 is 40.8 Å². The van der Waals surface area contributed by atoms with Gasteiger partial charge in [0.2, 0.25) is 0 Å². The van der Waals surface area contributed by atoms with Crippen LogP contribution < -0.4 is 9.47 Å². The summed E-state index contributed by atoms with van der Waals surface area (Å²) in [5.74, 6) is 1.48. The number of benzene rings is 7. The van der Waals surface area contributed by atoms with Gasteiger partial charge in [0.25, 0.3) is 8.53 Å². The van der Waals surface area contributed by atoms with Crippen LogP contribution in [0, 0.1) is 11.3 Å². The fraction of sp³-hybridized carbons (Fsp3) is 0.327. The molecule has 0 N–H and O–H groups in total. The molecule has 0 aliphatic carbocycles. The van der Waals surface area contributed by atoms with Gasteiger partial charge in [-0.15, -0.1) is 0 Å². The van der Waals surface area contributed by atoms with Crippen molar-refractivity contribution < 1.29 is 32.7 Å². The maximum atomic E-state index is 9.54. The van der Waals surface area contributed by atoms with Crippen LogP contribution in [-0.4, -0.2) is 68.6 Å². The van der Waals surface area contributed by atoms with Crippen LogP contribution in [0.4, 0.5) is 0 Å². The Kier molecular flexibility index (Phi) is 11.9. The second-order valence-electron chi connectivity index (χ2n) is 16.8. The summed E-state index contributed by atoms with van der Waals surface area (Å²) in [6.07, 6.45) is -1.33. The quantitative estimate of drug-likeness (QED) is 0.0384. The molecule has 9 nitrogen and oxygen atoms in total. The average molecular weight is 849 g/mol. The Balaban J connectivity index is 1.19. The van der Waals surface area contributed by atoms with E-state index >= 15 is 0 Å². The van der Waals surface area contributed by atoms with Gasteiger partial charge in [0, 0.05) is 12.1 Å². The van der Waals surface area contributed by atoms with E-state index in [0.29, 0.717) is 0 Å². The van der Waals surface area contributed by atoms with Crippen molar-refractivity contribution in [2.24, 2.45) is 0 Å². The highest BCUT2D eigenvalue weighted by atomic mass is 31.2. The summed E-state index contributed by atoms with van der Waals surface area (Å²) in [4.78, 5) is 0. The van der Waals surface area contributed by atoms with Gasteiger partial charge in [0.05, 0.1) is 46.5 Å². The third-order valence-corrected chi connectivity index (χ3v) is 14.6. The van der Waals surface area contributed by atoms with Crippen LogP contribution in [0.5, 0.6) is 11.5 Å². The number of nitriles is 1. The Labute approximate surface area is 365 Å². The zero-order chi connectivity index (χ0) is 43.0. The maximum absolute atomic E-state index is 9.54. The van der Waals surface area contributed by atoms with Gasteiger partial charge in [-0.05, 0) is 107 Å². The molecule has 7 aromatic carbocycles. The first-order valence-electron chi connectivity index (χ1n) is 21.4. The predicted octanol–water partition coefficient (Wildman–Crippen LogP) is 11.5. The van der Waals surface area contributed by atoms with E-state index in [4.69, 9.17) is 32.7 Å². The van der Waals surface area contributed by atoms with Crippen LogP contribution in [-0.2, 0) is 28.9 Å². The fourth-order valence-electron chi connectivity index (χ4n) is 9.63. The molecular weight excluding hydrogens is 796 g/mol. The molecule has 5 atom stereocenters. The Bertz CT molecular complexity index is 2600. The molecule has 7 aromatic rings. The van der Waals surface area contributed by atoms with Crippen molar-refractivity contribution in [2.45, 2.75) is 75.7 Å². The Hall–Kier alpha value is -5.14. The van der Waals surface area contributed by atoms with E-state index < -0.39 is 38.0 Å². The van der Waals surface area contributed by atoms with Crippen LogP contribution in [0.15, 0.2) is 133 Å². The van der Waals surface area contributed by atoms with Crippen molar-refractivity contribution in [3.63, 3.8) is 0 Å². The molecule has 2 aliphatic rings. The van der Waals surface area contributed by atoms with Gasteiger partial charge in [-0.1, -0.05) is 109 Å². The molecule has 0 saturated carbocycles. The minimum absolute atomic E-state index is 0.0977. The van der Waals surface area contributed by atoms with Gasteiger partial charge in [0.15, 0.2) is 0 Å². The lowest BCUT2D eigenvalue weighted by Gasteiger charge is -2.41. The van der Waals surface area contributed by atoms with Gasteiger partial charge in [0.1, 0.15) is 41.0 Å². The zero-order valence-electron chi connectivity index (χ0n) is 36.1. The van der Waals surface area contributed by atoms with Crippen LogP contribution >= 0.6 is 8.53 Å². The van der Waals surface area contributed by atoms with Crippen LogP contribution in [0.1, 0.15) is 62.5 Å². The van der Waals surface area contributed by atoms with Crippen molar-refractivity contribution in [3.05, 3.63) is 156 Å². The summed E-state index contributed by atoms with van der Waals surface area (Å²) in [5.41, 5.74) is 1.61. The minimum Gasteiger partial charge on any atom is -0.497 e. The molecule has 2 heterocycles. The van der Waals surface area contributed by atoms with Gasteiger partial charge >= 0.3 is 0 Å². The first kappa shape index (κ1) is 42.2. The van der Waals surface area contributed by atoms with Crippen LogP contribution in [0.2, 0.25) is 0 Å². The van der Waals surface area contributed by atoms with E-state index in [0.717, 1.165) is 39.1 Å². The normalized spacial score (nSPS) is 20.5. The third kappa shape index (κ3) is 7.38. The molecule has 62 heavy (non-hydrogen) atoms. The summed E-state index contributed by atoms with van der Waals surface area (Å²) in [6.45, 7) is 9.17. The molecule has 2 bridgehead atoms. The second-order valence-corrected chi connectivity index (χ2v) is 18.2. The van der Waals surface area contributed by atoms with Crippen molar-refractivity contribution in [1.82, 2.24) is 4.67 Å². The molecule has 1 unspecified atom stereocenters. The number of fused-ring (bicyclic) bond motifs is 2. The lowest BCUT2D eigenvalue weighted by molar-refractivity contribution is -0.183. The Morgan fingerprint density at radius 2 is 1.31 bits per heavy atom. The van der Waals surface area contributed by atoms with Crippen molar-refractivity contribution in [3.8, 4) is 17.6 Å². The van der Waals surface area contributed by atoms with Crippen LogP contribution in [0.25, 0.3) is 32.3 Å². The van der Waals surface area contributed by atoms with Crippen molar-refractivity contribution in [2.75, 3.05) is 34.0 Å². The standard InChI is InChI=1S/C52H53N2O7P/c1-34(2)54(35(3)4)62(59-31-11-30-53)61-50-49-48(45-29-19-38-17-16-36-12-10-13-37-18-28-44(45)47(38)46(36)37)60-51(50,32-57-49)33-58-52(39-14-8-7-9-15-39,40-20-24-42(55-5)25-21-40)41-22-26-43(56-6)27-23-41/h7-10,12-29,34-35,48-50H,11,31-33H2,1-6H3/t48-,49-,50+,51-,62?/m0/s1. The molecule has 2 saturated heterocycles. The molecule has 0 aromatic heterocycles. The highest BCUT2D eigenvalue weighted by Gasteiger charge is 2.65. The molecule has 0 radical (unpaired) electrons. The number of methoxy groups -OCH3 is 2. The number of ether oxygens (including phenoxy) is 5. The van der Waals surface area contributed by atoms with Gasteiger partial charge < -0.3 is 32.7 Å². The monoisotopic (exact) mass is 848 g/mol. The van der Waals surface area contributed by atoms with E-state index in [2.05, 4.69) is 129 Å². The largest absolute Gasteiger partial charge is 0.497 e. The van der Waals surface area contributed by atoms with E-state index in [1.54, 1.807) is 14.2 Å². The zero-order valence-corrected chi connectivity index (χ0v) is 37.0. The molecule has 0 amide bonds. The number of hydrogen-bond donors (Lipinski definition) is 0. The van der Waals surface area contributed by atoms with Gasteiger partial charge in [-0.3, -0.25) is 0 Å². The molecule has 0 spiro atoms. The number of nitrogens with zero attached hydrogens (tertiary/aromatic N) is 2. The highest BCUT2D eigenvalue weighted by molar-refractivity contribution is 7.44. The summed E-state index contributed by atoms with van der Waals surface area (Å²) in [7, 11) is 1.67. The topological polar surface area (TPSA) is 91.6 Å². The van der Waals surface area contributed by atoms with Gasteiger partial charge in [-0.2, -0.15) is 5.26 Å². The van der Waals surface area contributed by atoms with Gasteiger partial charge in [-0.25, -0.2) is 4.67 Å². The third-order valence-electron chi connectivity index (χ3n) is 12.4. The lowest BCUT2D eigenvalue weighted by atomic mass is 9.79. The molecule has 318 valence electrons. The van der Waals surface area contributed by atoms with E-state index in [1.165, 1.54) is 26.9 Å². The highest BCUT2D eigenvalue weighted by Crippen LogP contribution is 2.58.